The van der Waals surface area contributed by atoms with E-state index in [4.69, 9.17) is 12.2 Å². The SMILES string of the molecule is C#CC(=O)NCCC1CCC(N)C1. The van der Waals surface area contributed by atoms with Crippen molar-refractivity contribution in [3.63, 3.8) is 0 Å². The Labute approximate surface area is 79.1 Å². The number of nitrogens with one attached hydrogen (secondary N) is 1. The normalized spacial score (nSPS) is 26.8. The number of nitrogens with two attached hydrogens (primary N) is 1. The molecule has 1 amide bonds. The van der Waals surface area contributed by atoms with E-state index in [9.17, 15) is 4.79 Å². The molecule has 0 saturated heterocycles. The van der Waals surface area contributed by atoms with Crippen LogP contribution in [0.1, 0.15) is 25.7 Å². The molecule has 1 saturated carbocycles. The molecule has 1 aliphatic carbocycles. The second kappa shape index (κ2) is 4.88. The fourth-order valence-electron chi connectivity index (χ4n) is 1.82. The molecule has 1 fully saturated rings. The molecule has 2 unspecified atom stereocenters. The zero-order valence-corrected chi connectivity index (χ0v) is 7.75. The number of rotatable bonds is 3. The average molecular weight is 180 g/mol. The van der Waals surface area contributed by atoms with Gasteiger partial charge in [-0.25, -0.2) is 0 Å². The molecular weight excluding hydrogens is 164 g/mol. The molecular formula is C10H16N2O. The van der Waals surface area contributed by atoms with Gasteiger partial charge in [-0.3, -0.25) is 4.79 Å². The van der Waals surface area contributed by atoms with Crippen molar-refractivity contribution in [3.8, 4) is 12.3 Å². The molecule has 3 N–H and O–H groups in total. The second-order valence-electron chi connectivity index (χ2n) is 3.63. The van der Waals surface area contributed by atoms with Crippen LogP contribution in [0.5, 0.6) is 0 Å². The van der Waals surface area contributed by atoms with E-state index < -0.39 is 0 Å². The van der Waals surface area contributed by atoms with Crippen molar-refractivity contribution in [1.29, 1.82) is 0 Å². The predicted octanol–water partition coefficient (Wildman–Crippen LogP) is 0.253. The highest BCUT2D eigenvalue weighted by Crippen LogP contribution is 2.26. The number of terminal acetylenes is 1. The lowest BCUT2D eigenvalue weighted by Gasteiger charge is -2.08. The van der Waals surface area contributed by atoms with Crippen molar-refractivity contribution in [2.24, 2.45) is 11.7 Å². The molecule has 0 radical (unpaired) electrons. The maximum atomic E-state index is 10.7. The molecule has 1 aliphatic rings. The van der Waals surface area contributed by atoms with Gasteiger partial charge in [0.15, 0.2) is 0 Å². The van der Waals surface area contributed by atoms with E-state index in [1.165, 1.54) is 6.42 Å². The van der Waals surface area contributed by atoms with Crippen LogP contribution in [-0.4, -0.2) is 18.5 Å². The molecule has 0 spiro atoms. The van der Waals surface area contributed by atoms with Crippen molar-refractivity contribution in [2.75, 3.05) is 6.54 Å². The minimum Gasteiger partial charge on any atom is -0.345 e. The Kier molecular flexibility index (Phi) is 3.78. The number of carbonyl (C=O) groups excluding carboxylic acids is 1. The standard InChI is InChI=1S/C10H16N2O/c1-2-10(13)12-6-5-8-3-4-9(11)7-8/h1,8-9H,3-7,11H2,(H,12,13). The van der Waals surface area contributed by atoms with Crippen LogP contribution in [0.15, 0.2) is 0 Å². The Morgan fingerprint density at radius 1 is 1.62 bits per heavy atom. The van der Waals surface area contributed by atoms with Crippen molar-refractivity contribution in [3.05, 3.63) is 0 Å². The minimum atomic E-state index is -0.317. The van der Waals surface area contributed by atoms with E-state index in [2.05, 4.69) is 5.32 Å². The van der Waals surface area contributed by atoms with E-state index in [-0.39, 0.29) is 5.91 Å². The fourth-order valence-corrected chi connectivity index (χ4v) is 1.82. The third kappa shape index (κ3) is 3.47. The lowest BCUT2D eigenvalue weighted by atomic mass is 10.0. The first-order valence-corrected chi connectivity index (χ1v) is 4.72. The van der Waals surface area contributed by atoms with Crippen molar-refractivity contribution in [1.82, 2.24) is 5.32 Å². The summed E-state index contributed by atoms with van der Waals surface area (Å²) in [5.41, 5.74) is 5.76. The van der Waals surface area contributed by atoms with E-state index in [0.29, 0.717) is 18.5 Å². The Bertz CT molecular complexity index is 219. The first-order chi connectivity index (χ1) is 6.22. The van der Waals surface area contributed by atoms with E-state index >= 15 is 0 Å². The topological polar surface area (TPSA) is 55.1 Å². The van der Waals surface area contributed by atoms with Gasteiger partial charge in [-0.1, -0.05) is 0 Å². The first-order valence-electron chi connectivity index (χ1n) is 4.72. The highest BCUT2D eigenvalue weighted by atomic mass is 16.1. The van der Waals surface area contributed by atoms with Crippen LogP contribution >= 0.6 is 0 Å². The van der Waals surface area contributed by atoms with Crippen LogP contribution in [-0.2, 0) is 4.79 Å². The van der Waals surface area contributed by atoms with Crippen LogP contribution in [0.3, 0.4) is 0 Å². The summed E-state index contributed by atoms with van der Waals surface area (Å²) >= 11 is 0. The molecule has 1 rings (SSSR count). The van der Waals surface area contributed by atoms with Gasteiger partial charge in [0, 0.05) is 12.6 Å². The van der Waals surface area contributed by atoms with Crippen molar-refractivity contribution >= 4 is 5.91 Å². The molecule has 13 heavy (non-hydrogen) atoms. The molecule has 3 nitrogen and oxygen atoms in total. The molecule has 0 aliphatic heterocycles. The molecule has 0 aromatic carbocycles. The maximum absolute atomic E-state index is 10.7. The largest absolute Gasteiger partial charge is 0.345 e. The molecule has 3 heteroatoms. The van der Waals surface area contributed by atoms with Crippen LogP contribution in [0, 0.1) is 18.3 Å². The summed E-state index contributed by atoms with van der Waals surface area (Å²) in [6, 6.07) is 0.369. The lowest BCUT2D eigenvalue weighted by Crippen LogP contribution is -2.24. The highest BCUT2D eigenvalue weighted by Gasteiger charge is 2.20. The third-order valence-electron chi connectivity index (χ3n) is 2.55. The number of hydrogen-bond donors (Lipinski definition) is 2. The molecule has 0 aromatic heterocycles. The average Bonchev–Trinajstić information content (AvgIpc) is 2.51. The zero-order valence-electron chi connectivity index (χ0n) is 7.75. The predicted molar refractivity (Wildman–Crippen MR) is 51.8 cm³/mol. The molecule has 2 atom stereocenters. The Morgan fingerprint density at radius 3 is 2.92 bits per heavy atom. The maximum Gasteiger partial charge on any atom is 0.295 e. The lowest BCUT2D eigenvalue weighted by molar-refractivity contribution is -0.115. The number of hydrogen-bond acceptors (Lipinski definition) is 2. The summed E-state index contributed by atoms with van der Waals surface area (Å²) in [6.07, 6.45) is 9.30. The molecule has 72 valence electrons. The van der Waals surface area contributed by atoms with Gasteiger partial charge >= 0.3 is 0 Å². The van der Waals surface area contributed by atoms with Gasteiger partial charge in [-0.15, -0.1) is 6.42 Å². The van der Waals surface area contributed by atoms with E-state index in [0.717, 1.165) is 19.3 Å². The van der Waals surface area contributed by atoms with Gasteiger partial charge in [-0.2, -0.15) is 0 Å². The Balaban J connectivity index is 2.07. The van der Waals surface area contributed by atoms with Crippen LogP contribution in [0.4, 0.5) is 0 Å². The monoisotopic (exact) mass is 180 g/mol. The molecule has 0 bridgehead atoms. The summed E-state index contributed by atoms with van der Waals surface area (Å²) in [7, 11) is 0. The van der Waals surface area contributed by atoms with Gasteiger partial charge in [0.2, 0.25) is 0 Å². The van der Waals surface area contributed by atoms with Gasteiger partial charge in [0.05, 0.1) is 0 Å². The summed E-state index contributed by atoms with van der Waals surface area (Å²) < 4.78 is 0. The summed E-state index contributed by atoms with van der Waals surface area (Å²) in [6.45, 7) is 0.681. The van der Waals surface area contributed by atoms with Crippen LogP contribution in [0.25, 0.3) is 0 Å². The highest BCUT2D eigenvalue weighted by molar-refractivity contribution is 5.92. The Morgan fingerprint density at radius 2 is 2.38 bits per heavy atom. The van der Waals surface area contributed by atoms with Gasteiger partial charge in [-0.05, 0) is 37.5 Å². The van der Waals surface area contributed by atoms with Crippen LogP contribution < -0.4 is 11.1 Å². The molecule has 0 heterocycles. The van der Waals surface area contributed by atoms with Crippen molar-refractivity contribution < 1.29 is 4.79 Å². The van der Waals surface area contributed by atoms with Gasteiger partial charge in [0.1, 0.15) is 0 Å². The van der Waals surface area contributed by atoms with Gasteiger partial charge < -0.3 is 11.1 Å². The fraction of sp³-hybridized carbons (Fsp3) is 0.700. The zero-order chi connectivity index (χ0) is 9.68. The van der Waals surface area contributed by atoms with E-state index in [1.807, 2.05) is 5.92 Å². The minimum absolute atomic E-state index is 0.317. The summed E-state index contributed by atoms with van der Waals surface area (Å²) in [4.78, 5) is 10.7. The molecule has 0 aromatic rings. The van der Waals surface area contributed by atoms with Crippen molar-refractivity contribution in [2.45, 2.75) is 31.7 Å². The second-order valence-corrected chi connectivity index (χ2v) is 3.63. The number of amides is 1. The van der Waals surface area contributed by atoms with E-state index in [1.54, 1.807) is 0 Å². The number of carbonyl (C=O) groups is 1. The third-order valence-corrected chi connectivity index (χ3v) is 2.55. The summed E-state index contributed by atoms with van der Waals surface area (Å²) in [5, 5.41) is 2.66. The Hall–Kier alpha value is -1.01. The van der Waals surface area contributed by atoms with Crippen LogP contribution in [0.2, 0.25) is 0 Å². The summed E-state index contributed by atoms with van der Waals surface area (Å²) in [5.74, 6) is 2.38. The van der Waals surface area contributed by atoms with Gasteiger partial charge in [0.25, 0.3) is 5.91 Å². The smallest absolute Gasteiger partial charge is 0.295 e. The quantitative estimate of drug-likeness (QED) is 0.612. The first kappa shape index (κ1) is 10.1.